The Kier molecular flexibility index (Phi) is 5.21. The fraction of sp³-hybridized carbons (Fsp3) is 0.611. The van der Waals surface area contributed by atoms with Gasteiger partial charge in [0.15, 0.2) is 0 Å². The van der Waals surface area contributed by atoms with Gasteiger partial charge in [-0.15, -0.1) is 0 Å². The molecular weight excluding hydrogens is 264 g/mol. The number of rotatable bonds is 3. The van der Waals surface area contributed by atoms with E-state index in [1.807, 2.05) is 12.1 Å². The highest BCUT2D eigenvalue weighted by Gasteiger charge is 2.28. The smallest absolute Gasteiger partial charge is 0.310 e. The van der Waals surface area contributed by atoms with Crippen LogP contribution in [-0.2, 0) is 22.2 Å². The van der Waals surface area contributed by atoms with Crippen molar-refractivity contribution in [2.45, 2.75) is 72.3 Å². The van der Waals surface area contributed by atoms with Crippen molar-refractivity contribution in [3.05, 3.63) is 28.8 Å². The predicted octanol–water partition coefficient (Wildman–Crippen LogP) is 4.09. The largest absolute Gasteiger partial charge is 0.426 e. The van der Waals surface area contributed by atoms with Gasteiger partial charge in [0.05, 0.1) is 6.61 Å². The molecule has 0 radical (unpaired) electrons. The molecule has 0 bridgehead atoms. The predicted molar refractivity (Wildman–Crippen MR) is 85.7 cm³/mol. The molecule has 0 spiro atoms. The minimum absolute atomic E-state index is 0.0197. The van der Waals surface area contributed by atoms with E-state index in [0.29, 0.717) is 12.2 Å². The molecule has 0 amide bonds. The van der Waals surface area contributed by atoms with Gasteiger partial charge in [-0.25, -0.2) is 0 Å². The Balaban J connectivity index is 3.63. The summed E-state index contributed by atoms with van der Waals surface area (Å²) in [6, 6.07) is 3.88. The van der Waals surface area contributed by atoms with Crippen LogP contribution in [0.15, 0.2) is 12.1 Å². The number of hydrogen-bond acceptors (Lipinski definition) is 3. The molecule has 21 heavy (non-hydrogen) atoms. The van der Waals surface area contributed by atoms with Gasteiger partial charge >= 0.3 is 5.97 Å². The summed E-state index contributed by atoms with van der Waals surface area (Å²) >= 11 is 0. The molecule has 0 saturated carbocycles. The van der Waals surface area contributed by atoms with E-state index < -0.39 is 0 Å². The number of carbonyl (C=O) groups is 1. The van der Waals surface area contributed by atoms with E-state index in [-0.39, 0.29) is 23.4 Å². The van der Waals surface area contributed by atoms with E-state index in [1.54, 1.807) is 6.92 Å². The molecule has 3 heteroatoms. The molecule has 1 aromatic rings. The first-order valence-electron chi connectivity index (χ1n) is 7.50. The number of aliphatic hydroxyl groups is 1. The second-order valence-corrected chi connectivity index (χ2v) is 7.51. The minimum atomic E-state index is -0.234. The van der Waals surface area contributed by atoms with Crippen LogP contribution in [0.1, 0.15) is 71.6 Å². The Bertz CT molecular complexity index is 481. The molecule has 0 aliphatic carbocycles. The van der Waals surface area contributed by atoms with Crippen molar-refractivity contribution in [2.75, 3.05) is 0 Å². The van der Waals surface area contributed by atoms with E-state index in [4.69, 9.17) is 4.74 Å². The van der Waals surface area contributed by atoms with Gasteiger partial charge in [-0.2, -0.15) is 0 Å². The third-order valence-electron chi connectivity index (χ3n) is 3.45. The molecule has 0 aliphatic rings. The monoisotopic (exact) mass is 292 g/mol. The first-order chi connectivity index (χ1) is 9.50. The summed E-state index contributed by atoms with van der Waals surface area (Å²) in [5, 5.41) is 9.53. The molecule has 0 aliphatic heterocycles. The quantitative estimate of drug-likeness (QED) is 0.674. The summed E-state index contributed by atoms with van der Waals surface area (Å²) in [5.41, 5.74) is 2.42. The fourth-order valence-electron chi connectivity index (χ4n) is 2.19. The number of ether oxygens (including phenoxy) is 1. The van der Waals surface area contributed by atoms with Gasteiger partial charge < -0.3 is 9.84 Å². The standard InChI is InChI=1S/C18H28O3/c1-8-15(20)21-16-13(17(2,3)4)9-12(11-19)10-14(16)18(5,6)7/h9-10,19H,8,11H2,1-7H3. The highest BCUT2D eigenvalue weighted by atomic mass is 16.5. The first kappa shape index (κ1) is 17.7. The second kappa shape index (κ2) is 6.18. The highest BCUT2D eigenvalue weighted by Crippen LogP contribution is 2.40. The third kappa shape index (κ3) is 4.31. The molecule has 0 saturated heterocycles. The van der Waals surface area contributed by atoms with Crippen molar-refractivity contribution in [3.63, 3.8) is 0 Å². The molecule has 3 nitrogen and oxygen atoms in total. The lowest BCUT2D eigenvalue weighted by molar-refractivity contribution is -0.134. The minimum Gasteiger partial charge on any atom is -0.426 e. The molecule has 1 N–H and O–H groups in total. The van der Waals surface area contributed by atoms with Crippen molar-refractivity contribution in [3.8, 4) is 5.75 Å². The molecule has 0 heterocycles. The van der Waals surface area contributed by atoms with Crippen LogP contribution in [0.2, 0.25) is 0 Å². The zero-order valence-electron chi connectivity index (χ0n) is 14.3. The third-order valence-corrected chi connectivity index (χ3v) is 3.45. The Morgan fingerprint density at radius 1 is 1.05 bits per heavy atom. The first-order valence-corrected chi connectivity index (χ1v) is 7.50. The summed E-state index contributed by atoms with van der Waals surface area (Å²) < 4.78 is 5.66. The topological polar surface area (TPSA) is 46.5 Å². The lowest BCUT2D eigenvalue weighted by atomic mass is 9.78. The lowest BCUT2D eigenvalue weighted by Gasteiger charge is -2.30. The molecule has 0 unspecified atom stereocenters. The van der Waals surface area contributed by atoms with Gasteiger partial charge in [-0.05, 0) is 28.5 Å². The maximum absolute atomic E-state index is 11.8. The van der Waals surface area contributed by atoms with Gasteiger partial charge in [0, 0.05) is 17.5 Å². The van der Waals surface area contributed by atoms with Crippen LogP contribution in [0.3, 0.4) is 0 Å². The molecule has 0 aromatic heterocycles. The van der Waals surface area contributed by atoms with Gasteiger partial charge in [-0.1, -0.05) is 48.5 Å². The van der Waals surface area contributed by atoms with Crippen molar-refractivity contribution in [1.82, 2.24) is 0 Å². The summed E-state index contributed by atoms with van der Waals surface area (Å²) in [6.07, 6.45) is 0.342. The van der Waals surface area contributed by atoms with Crippen LogP contribution in [0.5, 0.6) is 5.75 Å². The van der Waals surface area contributed by atoms with E-state index in [0.717, 1.165) is 16.7 Å². The normalized spacial score (nSPS) is 12.4. The van der Waals surface area contributed by atoms with Crippen LogP contribution >= 0.6 is 0 Å². The van der Waals surface area contributed by atoms with E-state index in [9.17, 15) is 9.90 Å². The Morgan fingerprint density at radius 3 is 1.76 bits per heavy atom. The SMILES string of the molecule is CCC(=O)Oc1c(C(C)(C)C)cc(CO)cc1C(C)(C)C. The molecule has 1 rings (SSSR count). The van der Waals surface area contributed by atoms with Crippen LogP contribution < -0.4 is 4.74 Å². The number of hydrogen-bond donors (Lipinski definition) is 1. The summed E-state index contributed by atoms with van der Waals surface area (Å²) in [7, 11) is 0. The average molecular weight is 292 g/mol. The number of esters is 1. The summed E-state index contributed by atoms with van der Waals surface area (Å²) in [5.74, 6) is 0.418. The van der Waals surface area contributed by atoms with E-state index >= 15 is 0 Å². The molecular formula is C18H28O3. The zero-order chi connectivity index (χ0) is 16.4. The van der Waals surface area contributed by atoms with E-state index in [2.05, 4.69) is 41.5 Å². The Hall–Kier alpha value is -1.35. The van der Waals surface area contributed by atoms with Crippen molar-refractivity contribution in [1.29, 1.82) is 0 Å². The fourth-order valence-corrected chi connectivity index (χ4v) is 2.19. The number of benzene rings is 1. The van der Waals surface area contributed by atoms with Gasteiger partial charge in [0.1, 0.15) is 5.75 Å². The summed E-state index contributed by atoms with van der Waals surface area (Å²) in [4.78, 5) is 11.8. The maximum atomic E-state index is 11.8. The van der Waals surface area contributed by atoms with Gasteiger partial charge in [0.25, 0.3) is 0 Å². The van der Waals surface area contributed by atoms with Crippen molar-refractivity contribution < 1.29 is 14.6 Å². The van der Waals surface area contributed by atoms with Crippen LogP contribution in [-0.4, -0.2) is 11.1 Å². The van der Waals surface area contributed by atoms with Gasteiger partial charge in [-0.3, -0.25) is 4.79 Å². The Morgan fingerprint density at radius 2 is 1.48 bits per heavy atom. The van der Waals surface area contributed by atoms with E-state index in [1.165, 1.54) is 0 Å². The van der Waals surface area contributed by atoms with Crippen molar-refractivity contribution in [2.24, 2.45) is 0 Å². The van der Waals surface area contributed by atoms with Crippen LogP contribution in [0.25, 0.3) is 0 Å². The average Bonchev–Trinajstić information content (AvgIpc) is 2.35. The zero-order valence-corrected chi connectivity index (χ0v) is 14.3. The maximum Gasteiger partial charge on any atom is 0.310 e. The van der Waals surface area contributed by atoms with Gasteiger partial charge in [0.2, 0.25) is 0 Å². The van der Waals surface area contributed by atoms with Crippen LogP contribution in [0, 0.1) is 0 Å². The molecule has 118 valence electrons. The molecule has 0 fully saturated rings. The summed E-state index contributed by atoms with van der Waals surface area (Å²) in [6.45, 7) is 14.3. The lowest BCUT2D eigenvalue weighted by Crippen LogP contribution is -2.22. The Labute approximate surface area is 128 Å². The number of aliphatic hydroxyl groups excluding tert-OH is 1. The molecule has 1 aromatic carbocycles. The highest BCUT2D eigenvalue weighted by molar-refractivity contribution is 5.73. The van der Waals surface area contributed by atoms with Crippen molar-refractivity contribution >= 4 is 5.97 Å². The van der Waals surface area contributed by atoms with Crippen LogP contribution in [0.4, 0.5) is 0 Å². The number of carbonyl (C=O) groups excluding carboxylic acids is 1. The molecule has 0 atom stereocenters. The second-order valence-electron chi connectivity index (χ2n) is 7.51.